The number of carbonyl (C=O) groups excluding carboxylic acids is 1. The largest absolute Gasteiger partial charge is 0.494 e. The van der Waals surface area contributed by atoms with E-state index in [4.69, 9.17) is 14.5 Å². The Morgan fingerprint density at radius 2 is 1.92 bits per heavy atom. The summed E-state index contributed by atoms with van der Waals surface area (Å²) in [5.74, 6) is 1.13. The van der Waals surface area contributed by atoms with Gasteiger partial charge in [-0.05, 0) is 62.7 Å². The first-order valence-corrected chi connectivity index (χ1v) is 11.8. The molecular formula is C28H27FN4O3. The van der Waals surface area contributed by atoms with Crippen molar-refractivity contribution in [2.75, 3.05) is 20.2 Å². The van der Waals surface area contributed by atoms with E-state index < -0.39 is 5.82 Å². The highest BCUT2D eigenvalue weighted by atomic mass is 19.1. The molecule has 3 heterocycles. The molecule has 0 bridgehead atoms. The normalized spacial score (nSPS) is 15.3. The molecule has 36 heavy (non-hydrogen) atoms. The smallest absolute Gasteiger partial charge is 0.245 e. The van der Waals surface area contributed by atoms with Crippen LogP contribution in [0.15, 0.2) is 61.3 Å². The first kappa shape index (κ1) is 23.5. The van der Waals surface area contributed by atoms with Gasteiger partial charge in [0.1, 0.15) is 11.6 Å². The Morgan fingerprint density at radius 3 is 2.64 bits per heavy atom. The Balaban J connectivity index is 1.51. The Hall–Kier alpha value is -4.20. The number of fused-ring (bicyclic) bond motifs is 1. The molecule has 1 amide bonds. The Bertz CT molecular complexity index is 1460. The van der Waals surface area contributed by atoms with Crippen LogP contribution in [0.4, 0.5) is 4.39 Å². The number of aryl methyl sites for hydroxylation is 2. The molecule has 2 aromatic carbocycles. The summed E-state index contributed by atoms with van der Waals surface area (Å²) in [7, 11) is 1.42. The van der Waals surface area contributed by atoms with Gasteiger partial charge in [-0.3, -0.25) is 14.2 Å². The summed E-state index contributed by atoms with van der Waals surface area (Å²) in [4.78, 5) is 23.6. The summed E-state index contributed by atoms with van der Waals surface area (Å²) >= 11 is 0. The van der Waals surface area contributed by atoms with E-state index >= 15 is 0 Å². The average Bonchev–Trinajstić information content (AvgIpc) is 3.54. The van der Waals surface area contributed by atoms with Crippen LogP contribution in [0.5, 0.6) is 17.2 Å². The van der Waals surface area contributed by atoms with E-state index in [1.54, 1.807) is 30.3 Å². The Morgan fingerprint density at radius 1 is 1.17 bits per heavy atom. The molecule has 1 aliphatic rings. The number of likely N-dealkylation sites (tertiary alicyclic amines) is 1. The number of benzene rings is 2. The van der Waals surface area contributed by atoms with Crippen molar-refractivity contribution in [2.24, 2.45) is 0 Å². The molecule has 1 aliphatic heterocycles. The predicted molar refractivity (Wildman–Crippen MR) is 135 cm³/mol. The van der Waals surface area contributed by atoms with Crippen molar-refractivity contribution >= 4 is 11.4 Å². The predicted octanol–water partition coefficient (Wildman–Crippen LogP) is 5.46. The van der Waals surface area contributed by atoms with Crippen molar-refractivity contribution in [3.05, 3.63) is 84.3 Å². The van der Waals surface area contributed by atoms with Gasteiger partial charge in [0.05, 0.1) is 24.0 Å². The minimum absolute atomic E-state index is 0.0591. The molecule has 0 N–H and O–H groups in total. The first-order valence-electron chi connectivity index (χ1n) is 11.8. The maximum atomic E-state index is 14.5. The highest BCUT2D eigenvalue weighted by molar-refractivity contribution is 5.87. The molecule has 0 spiro atoms. The van der Waals surface area contributed by atoms with E-state index in [-0.39, 0.29) is 23.3 Å². The monoisotopic (exact) mass is 486 g/mol. The van der Waals surface area contributed by atoms with Gasteiger partial charge in [0, 0.05) is 36.5 Å². The molecular weight excluding hydrogens is 459 g/mol. The number of methoxy groups -OCH3 is 1. The average molecular weight is 487 g/mol. The third-order valence-electron chi connectivity index (χ3n) is 6.59. The zero-order valence-corrected chi connectivity index (χ0v) is 20.5. The number of rotatable bonds is 6. The van der Waals surface area contributed by atoms with E-state index in [0.717, 1.165) is 40.4 Å². The topological polar surface area (TPSA) is 69.0 Å². The zero-order valence-electron chi connectivity index (χ0n) is 20.5. The Labute approximate surface area is 208 Å². The molecule has 0 aliphatic carbocycles. The van der Waals surface area contributed by atoms with Gasteiger partial charge in [-0.25, -0.2) is 4.98 Å². The second kappa shape index (κ2) is 9.45. The van der Waals surface area contributed by atoms with Crippen LogP contribution in [0.25, 0.3) is 16.8 Å². The number of halogens is 1. The maximum absolute atomic E-state index is 14.5. The number of hydrogen-bond donors (Lipinski definition) is 0. The van der Waals surface area contributed by atoms with Crippen LogP contribution in [0.3, 0.4) is 0 Å². The molecule has 7 nitrogen and oxygen atoms in total. The summed E-state index contributed by atoms with van der Waals surface area (Å²) in [6.45, 7) is 8.87. The van der Waals surface area contributed by atoms with Gasteiger partial charge in [0.2, 0.25) is 11.7 Å². The summed E-state index contributed by atoms with van der Waals surface area (Å²) < 4.78 is 27.5. The molecule has 5 rings (SSSR count). The lowest BCUT2D eigenvalue weighted by Gasteiger charge is -2.14. The fraction of sp³-hybridized carbons (Fsp3) is 0.250. The second-order valence-corrected chi connectivity index (χ2v) is 8.86. The van der Waals surface area contributed by atoms with Crippen LogP contribution in [-0.4, -0.2) is 45.4 Å². The molecule has 0 saturated carbocycles. The van der Waals surface area contributed by atoms with E-state index in [1.165, 1.54) is 13.2 Å². The molecule has 2 aromatic heterocycles. The van der Waals surface area contributed by atoms with E-state index in [9.17, 15) is 9.18 Å². The number of imidazole rings is 1. The summed E-state index contributed by atoms with van der Waals surface area (Å²) in [5, 5.41) is 0. The third-order valence-corrected chi connectivity index (χ3v) is 6.59. The molecule has 184 valence electrons. The van der Waals surface area contributed by atoms with Crippen molar-refractivity contribution in [3.63, 3.8) is 0 Å². The summed E-state index contributed by atoms with van der Waals surface area (Å²) in [5.41, 5.74) is 4.48. The highest BCUT2D eigenvalue weighted by Gasteiger charge is 2.31. The molecule has 4 aromatic rings. The third kappa shape index (κ3) is 4.08. The minimum atomic E-state index is -0.550. The minimum Gasteiger partial charge on any atom is -0.494 e. The van der Waals surface area contributed by atoms with Crippen molar-refractivity contribution in [1.29, 1.82) is 0 Å². The number of hydrogen-bond acceptors (Lipinski definition) is 5. The van der Waals surface area contributed by atoms with Gasteiger partial charge < -0.3 is 14.4 Å². The van der Waals surface area contributed by atoms with E-state index in [1.807, 2.05) is 37.1 Å². The molecule has 1 saturated heterocycles. The lowest BCUT2D eigenvalue weighted by molar-refractivity contribution is -0.125. The van der Waals surface area contributed by atoms with Gasteiger partial charge in [0.15, 0.2) is 11.5 Å². The van der Waals surface area contributed by atoms with Crippen molar-refractivity contribution in [1.82, 2.24) is 19.3 Å². The van der Waals surface area contributed by atoms with Crippen LogP contribution in [0, 0.1) is 19.7 Å². The van der Waals surface area contributed by atoms with E-state index in [2.05, 4.69) is 16.0 Å². The van der Waals surface area contributed by atoms with Crippen LogP contribution in [0.2, 0.25) is 0 Å². The molecule has 1 fully saturated rings. The second-order valence-electron chi connectivity index (χ2n) is 8.86. The number of amides is 1. The number of carbonyl (C=O) groups is 1. The quantitative estimate of drug-likeness (QED) is 0.339. The van der Waals surface area contributed by atoms with E-state index in [0.29, 0.717) is 18.8 Å². The van der Waals surface area contributed by atoms with Crippen molar-refractivity contribution in [2.45, 2.75) is 26.2 Å². The first-order chi connectivity index (χ1) is 17.4. The molecule has 8 heteroatoms. The lowest BCUT2D eigenvalue weighted by Crippen LogP contribution is -2.26. The standard InChI is InChI=1S/C28H27FN4O3/c1-5-24(34)32-14-13-20(16-32)28-31-26(27-18(3)30-15-17(2)33(27)28)19-9-11-21(12-10-19)36-23-8-6-7-22(35-4)25(23)29/h5-12,15,20H,1,13-14,16H2,2-4H3. The van der Waals surface area contributed by atoms with Crippen LogP contribution in [0.1, 0.15) is 29.6 Å². The zero-order chi connectivity index (χ0) is 25.4. The molecule has 1 unspecified atom stereocenters. The van der Waals surface area contributed by atoms with Gasteiger partial charge in [-0.2, -0.15) is 4.39 Å². The Kier molecular flexibility index (Phi) is 6.18. The van der Waals surface area contributed by atoms with Crippen LogP contribution >= 0.6 is 0 Å². The summed E-state index contributed by atoms with van der Waals surface area (Å²) in [6.07, 6.45) is 4.04. The lowest BCUT2D eigenvalue weighted by atomic mass is 10.1. The van der Waals surface area contributed by atoms with Crippen LogP contribution in [-0.2, 0) is 4.79 Å². The number of ether oxygens (including phenoxy) is 2. The van der Waals surface area contributed by atoms with Crippen molar-refractivity contribution in [3.8, 4) is 28.5 Å². The number of nitrogens with zero attached hydrogens (tertiary/aromatic N) is 4. The van der Waals surface area contributed by atoms with Gasteiger partial charge in [-0.15, -0.1) is 0 Å². The van der Waals surface area contributed by atoms with Crippen molar-refractivity contribution < 1.29 is 18.7 Å². The van der Waals surface area contributed by atoms with Gasteiger partial charge in [0.25, 0.3) is 0 Å². The van der Waals surface area contributed by atoms with Crippen LogP contribution < -0.4 is 9.47 Å². The summed E-state index contributed by atoms with van der Waals surface area (Å²) in [6, 6.07) is 12.2. The maximum Gasteiger partial charge on any atom is 0.245 e. The van der Waals surface area contributed by atoms with Gasteiger partial charge >= 0.3 is 0 Å². The SMILES string of the molecule is C=CC(=O)N1CCC(c2nc(-c3ccc(Oc4cccc(OC)c4F)cc3)c3c(C)ncc(C)n23)C1. The molecule has 0 radical (unpaired) electrons. The fourth-order valence-electron chi connectivity index (χ4n) is 4.75. The molecule has 1 atom stereocenters. The number of aromatic nitrogens is 3. The highest BCUT2D eigenvalue weighted by Crippen LogP contribution is 2.36. The fourth-order valence-corrected chi connectivity index (χ4v) is 4.75. The van der Waals surface area contributed by atoms with Gasteiger partial charge in [-0.1, -0.05) is 12.6 Å².